The van der Waals surface area contributed by atoms with E-state index in [-0.39, 0.29) is 17.1 Å². The minimum Gasteiger partial charge on any atom is -0.380 e. The summed E-state index contributed by atoms with van der Waals surface area (Å²) < 4.78 is 23.6. The lowest BCUT2D eigenvalue weighted by atomic mass is 9.84. The average Bonchev–Trinajstić information content (AvgIpc) is 2.72. The van der Waals surface area contributed by atoms with Gasteiger partial charge in [-0.05, 0) is 24.0 Å². The number of hydrogen-bond donors (Lipinski definition) is 0. The van der Waals surface area contributed by atoms with Crippen LogP contribution in [0.4, 0.5) is 0 Å². The van der Waals surface area contributed by atoms with E-state index in [0.29, 0.717) is 13.2 Å². The van der Waals surface area contributed by atoms with Crippen LogP contribution in [0.3, 0.4) is 0 Å². The molecule has 29 heavy (non-hydrogen) atoms. The van der Waals surface area contributed by atoms with Gasteiger partial charge in [-0.1, -0.05) is 68.4 Å². The molecule has 2 heterocycles. The van der Waals surface area contributed by atoms with Crippen LogP contribution in [-0.2, 0) is 18.9 Å². The van der Waals surface area contributed by atoms with Gasteiger partial charge in [0.05, 0.1) is 39.6 Å². The van der Waals surface area contributed by atoms with Gasteiger partial charge in [0.15, 0.2) is 6.29 Å². The van der Waals surface area contributed by atoms with Crippen molar-refractivity contribution in [2.75, 3.05) is 39.6 Å². The minimum absolute atomic E-state index is 0.133. The third kappa shape index (κ3) is 4.56. The predicted octanol–water partition coefficient (Wildman–Crippen LogP) is 5.24. The van der Waals surface area contributed by atoms with Crippen LogP contribution < -0.4 is 0 Å². The van der Waals surface area contributed by atoms with Gasteiger partial charge >= 0.3 is 0 Å². The lowest BCUT2D eigenvalue weighted by Gasteiger charge is -2.43. The van der Waals surface area contributed by atoms with Gasteiger partial charge in [-0.2, -0.15) is 0 Å². The summed E-state index contributed by atoms with van der Waals surface area (Å²) in [4.78, 5) is 0. The standard InChI is InChI=1S/C25H32O4/c1-3-24(14-26-15-24)18-28-23(29-19-25(4-2)16-27-17-25)22-12-10-21(11-13-22)20-8-6-5-7-9-20/h5-13,23H,3-4,14-19H2,1-2H3. The molecule has 4 rings (SSSR count). The van der Waals surface area contributed by atoms with Crippen molar-refractivity contribution >= 4 is 0 Å². The first-order valence-electron chi connectivity index (χ1n) is 10.7. The van der Waals surface area contributed by atoms with Gasteiger partial charge in [-0.25, -0.2) is 0 Å². The molecular formula is C25H32O4. The molecule has 0 aliphatic carbocycles. The fourth-order valence-corrected chi connectivity index (χ4v) is 3.77. The Morgan fingerprint density at radius 1 is 0.724 bits per heavy atom. The van der Waals surface area contributed by atoms with Crippen LogP contribution in [0.1, 0.15) is 38.5 Å². The highest BCUT2D eigenvalue weighted by molar-refractivity contribution is 5.63. The molecule has 0 amide bonds. The van der Waals surface area contributed by atoms with Crippen molar-refractivity contribution in [1.82, 2.24) is 0 Å². The second kappa shape index (κ2) is 8.97. The van der Waals surface area contributed by atoms with Crippen molar-refractivity contribution < 1.29 is 18.9 Å². The molecule has 4 nitrogen and oxygen atoms in total. The third-order valence-corrected chi connectivity index (χ3v) is 6.50. The lowest BCUT2D eigenvalue weighted by Crippen LogP contribution is -2.47. The molecule has 2 fully saturated rings. The van der Waals surface area contributed by atoms with Crippen molar-refractivity contribution in [2.24, 2.45) is 10.8 Å². The highest BCUT2D eigenvalue weighted by Crippen LogP contribution is 2.36. The highest BCUT2D eigenvalue weighted by atomic mass is 16.7. The van der Waals surface area contributed by atoms with Crippen LogP contribution >= 0.6 is 0 Å². The first kappa shape index (κ1) is 20.5. The maximum Gasteiger partial charge on any atom is 0.183 e. The molecule has 0 aromatic heterocycles. The van der Waals surface area contributed by atoms with E-state index < -0.39 is 0 Å². The van der Waals surface area contributed by atoms with E-state index in [1.165, 1.54) is 11.1 Å². The maximum absolute atomic E-state index is 6.34. The van der Waals surface area contributed by atoms with Gasteiger partial charge in [0.1, 0.15) is 0 Å². The Bertz CT molecular complexity index is 726. The molecule has 4 heteroatoms. The largest absolute Gasteiger partial charge is 0.380 e. The second-order valence-corrected chi connectivity index (χ2v) is 8.63. The zero-order valence-electron chi connectivity index (χ0n) is 17.6. The van der Waals surface area contributed by atoms with Crippen LogP contribution in [-0.4, -0.2) is 39.6 Å². The van der Waals surface area contributed by atoms with E-state index in [1.807, 2.05) is 6.07 Å². The fourth-order valence-electron chi connectivity index (χ4n) is 3.77. The Morgan fingerprint density at radius 2 is 1.21 bits per heavy atom. The molecule has 0 atom stereocenters. The number of benzene rings is 2. The molecule has 0 bridgehead atoms. The first-order chi connectivity index (χ1) is 14.2. The quantitative estimate of drug-likeness (QED) is 0.515. The molecule has 156 valence electrons. The zero-order valence-corrected chi connectivity index (χ0v) is 17.6. The van der Waals surface area contributed by atoms with E-state index in [1.54, 1.807) is 0 Å². The van der Waals surface area contributed by atoms with Crippen molar-refractivity contribution in [3.05, 3.63) is 60.2 Å². The van der Waals surface area contributed by atoms with Gasteiger partial charge in [-0.15, -0.1) is 0 Å². The first-order valence-corrected chi connectivity index (χ1v) is 10.7. The van der Waals surface area contributed by atoms with Gasteiger partial charge in [0.2, 0.25) is 0 Å². The molecule has 2 aromatic rings. The van der Waals surface area contributed by atoms with Crippen molar-refractivity contribution in [1.29, 1.82) is 0 Å². The van der Waals surface area contributed by atoms with Gasteiger partial charge in [0, 0.05) is 16.4 Å². The normalized spacial score (nSPS) is 19.6. The summed E-state index contributed by atoms with van der Waals surface area (Å²) in [6.45, 7) is 8.81. The minimum atomic E-state index is -0.368. The third-order valence-electron chi connectivity index (χ3n) is 6.50. The van der Waals surface area contributed by atoms with Crippen LogP contribution in [0.15, 0.2) is 54.6 Å². The highest BCUT2D eigenvalue weighted by Gasteiger charge is 2.40. The van der Waals surface area contributed by atoms with Crippen LogP contribution in [0.25, 0.3) is 11.1 Å². The SMILES string of the molecule is CCC1(COC(OCC2(CC)COC2)c2ccc(-c3ccccc3)cc2)COC1. The number of hydrogen-bond acceptors (Lipinski definition) is 4. The fraction of sp³-hybridized carbons (Fsp3) is 0.520. The average molecular weight is 397 g/mol. The summed E-state index contributed by atoms with van der Waals surface area (Å²) >= 11 is 0. The molecular weight excluding hydrogens is 364 g/mol. The van der Waals surface area contributed by atoms with Crippen molar-refractivity contribution in [3.8, 4) is 11.1 Å². The molecule has 0 N–H and O–H groups in total. The maximum atomic E-state index is 6.34. The number of rotatable bonds is 10. The topological polar surface area (TPSA) is 36.9 Å². The molecule has 0 unspecified atom stereocenters. The van der Waals surface area contributed by atoms with E-state index in [0.717, 1.165) is 44.8 Å². The summed E-state index contributed by atoms with van der Waals surface area (Å²) in [6.07, 6.45) is 1.74. The van der Waals surface area contributed by atoms with Crippen molar-refractivity contribution in [3.63, 3.8) is 0 Å². The molecule has 2 aliphatic rings. The Kier molecular flexibility index (Phi) is 6.35. The zero-order chi connectivity index (χ0) is 20.2. The van der Waals surface area contributed by atoms with Crippen LogP contribution in [0, 0.1) is 10.8 Å². The Balaban J connectivity index is 1.47. The summed E-state index contributed by atoms with van der Waals surface area (Å²) in [5.74, 6) is 0. The van der Waals surface area contributed by atoms with Crippen LogP contribution in [0.2, 0.25) is 0 Å². The molecule has 2 aliphatic heterocycles. The summed E-state index contributed by atoms with van der Waals surface area (Å²) in [5.41, 5.74) is 3.73. The predicted molar refractivity (Wildman–Crippen MR) is 114 cm³/mol. The Labute approximate surface area is 174 Å². The molecule has 2 saturated heterocycles. The van der Waals surface area contributed by atoms with E-state index in [9.17, 15) is 0 Å². The molecule has 0 spiro atoms. The smallest absolute Gasteiger partial charge is 0.183 e. The van der Waals surface area contributed by atoms with E-state index in [2.05, 4.69) is 62.4 Å². The Morgan fingerprint density at radius 3 is 1.62 bits per heavy atom. The molecule has 0 radical (unpaired) electrons. The Hall–Kier alpha value is -1.72. The van der Waals surface area contributed by atoms with E-state index >= 15 is 0 Å². The summed E-state index contributed by atoms with van der Waals surface area (Å²) in [5, 5.41) is 0. The van der Waals surface area contributed by atoms with Crippen molar-refractivity contribution in [2.45, 2.75) is 33.0 Å². The monoisotopic (exact) mass is 396 g/mol. The van der Waals surface area contributed by atoms with Gasteiger partial charge in [0.25, 0.3) is 0 Å². The second-order valence-electron chi connectivity index (χ2n) is 8.63. The molecule has 2 aromatic carbocycles. The summed E-state index contributed by atoms with van der Waals surface area (Å²) in [7, 11) is 0. The summed E-state index contributed by atoms with van der Waals surface area (Å²) in [6, 6.07) is 19.0. The lowest BCUT2D eigenvalue weighted by molar-refractivity contribution is -0.238. The van der Waals surface area contributed by atoms with Gasteiger partial charge < -0.3 is 18.9 Å². The number of ether oxygens (including phenoxy) is 4. The van der Waals surface area contributed by atoms with E-state index in [4.69, 9.17) is 18.9 Å². The van der Waals surface area contributed by atoms with Gasteiger partial charge in [-0.3, -0.25) is 0 Å². The molecule has 0 saturated carbocycles. The van der Waals surface area contributed by atoms with Crippen LogP contribution in [0.5, 0.6) is 0 Å².